The van der Waals surface area contributed by atoms with E-state index in [0.717, 1.165) is 22.8 Å². The fraction of sp³-hybridized carbons (Fsp3) is 0.214. The van der Waals surface area contributed by atoms with Crippen molar-refractivity contribution in [2.75, 3.05) is 6.26 Å². The van der Waals surface area contributed by atoms with Gasteiger partial charge in [0.1, 0.15) is 0 Å². The van der Waals surface area contributed by atoms with Gasteiger partial charge in [0.25, 0.3) is 5.22 Å². The number of rotatable bonds is 6. The molecule has 108 valence electrons. The molecule has 0 aliphatic rings. The van der Waals surface area contributed by atoms with Gasteiger partial charge in [-0.2, -0.15) is 16.9 Å². The van der Waals surface area contributed by atoms with Crippen LogP contribution >= 0.6 is 23.5 Å². The van der Waals surface area contributed by atoms with Crippen LogP contribution in [0.2, 0.25) is 0 Å². The highest BCUT2D eigenvalue weighted by atomic mass is 32.2. The van der Waals surface area contributed by atoms with E-state index in [-0.39, 0.29) is 0 Å². The van der Waals surface area contributed by atoms with Crippen molar-refractivity contribution in [3.05, 3.63) is 54.2 Å². The van der Waals surface area contributed by atoms with Gasteiger partial charge in [0.2, 0.25) is 5.89 Å². The van der Waals surface area contributed by atoms with Crippen molar-refractivity contribution >= 4 is 23.5 Å². The number of benzene rings is 1. The zero-order valence-corrected chi connectivity index (χ0v) is 13.1. The molecule has 0 saturated heterocycles. The van der Waals surface area contributed by atoms with Crippen LogP contribution in [-0.4, -0.2) is 26.2 Å². The summed E-state index contributed by atoms with van der Waals surface area (Å²) in [7, 11) is 0. The summed E-state index contributed by atoms with van der Waals surface area (Å²) in [5.74, 6) is 2.18. The molecule has 0 bridgehead atoms. The smallest absolute Gasteiger partial charge is 0.276 e. The predicted molar refractivity (Wildman–Crippen MR) is 84.6 cm³/mol. The van der Waals surface area contributed by atoms with Crippen molar-refractivity contribution < 1.29 is 4.42 Å². The molecule has 7 heteroatoms. The van der Waals surface area contributed by atoms with Crippen LogP contribution in [0.25, 0.3) is 5.69 Å². The van der Waals surface area contributed by atoms with E-state index in [2.05, 4.69) is 15.3 Å². The Hall–Kier alpha value is -1.73. The van der Waals surface area contributed by atoms with E-state index in [1.807, 2.05) is 53.7 Å². The summed E-state index contributed by atoms with van der Waals surface area (Å²) >= 11 is 3.19. The number of hydrogen-bond acceptors (Lipinski definition) is 6. The molecule has 3 rings (SSSR count). The second-order valence-corrected chi connectivity index (χ2v) is 6.10. The zero-order valence-electron chi connectivity index (χ0n) is 11.5. The van der Waals surface area contributed by atoms with Crippen LogP contribution in [0.15, 0.2) is 52.4 Å². The van der Waals surface area contributed by atoms with E-state index in [1.165, 1.54) is 11.8 Å². The topological polar surface area (TPSA) is 56.7 Å². The minimum atomic E-state index is 0.603. The molecule has 0 amide bonds. The Bertz CT molecular complexity index is 696. The summed E-state index contributed by atoms with van der Waals surface area (Å²) < 4.78 is 7.39. The minimum absolute atomic E-state index is 0.603. The number of thioether (sulfide) groups is 2. The quantitative estimate of drug-likeness (QED) is 0.649. The summed E-state index contributed by atoms with van der Waals surface area (Å²) in [5, 5.41) is 13.0. The van der Waals surface area contributed by atoms with Gasteiger partial charge in [-0.3, -0.25) is 0 Å². The van der Waals surface area contributed by atoms with Crippen LogP contribution in [0, 0.1) is 0 Å². The van der Waals surface area contributed by atoms with Crippen molar-refractivity contribution in [3.63, 3.8) is 0 Å². The van der Waals surface area contributed by atoms with Crippen LogP contribution in [0.4, 0.5) is 0 Å². The lowest BCUT2D eigenvalue weighted by atomic mass is 10.3. The van der Waals surface area contributed by atoms with Crippen LogP contribution < -0.4 is 0 Å². The fourth-order valence-electron chi connectivity index (χ4n) is 1.78. The fourth-order valence-corrected chi connectivity index (χ4v) is 2.84. The molecule has 0 radical (unpaired) electrons. The summed E-state index contributed by atoms with van der Waals surface area (Å²) in [4.78, 5) is 0. The van der Waals surface area contributed by atoms with Crippen molar-refractivity contribution in [3.8, 4) is 5.69 Å². The van der Waals surface area contributed by atoms with E-state index in [1.54, 1.807) is 11.8 Å². The maximum absolute atomic E-state index is 5.53. The lowest BCUT2D eigenvalue weighted by Gasteiger charge is -1.98. The average Bonchev–Trinajstić information content (AvgIpc) is 3.16. The first-order chi connectivity index (χ1) is 10.3. The SMILES string of the molecule is CSCc1nnc(SCc2cnn(-c3ccccc3)c2)o1. The lowest BCUT2D eigenvalue weighted by molar-refractivity contribution is 0.426. The third kappa shape index (κ3) is 3.68. The highest BCUT2D eigenvalue weighted by Gasteiger charge is 2.07. The number of hydrogen-bond donors (Lipinski definition) is 0. The van der Waals surface area contributed by atoms with Gasteiger partial charge in [0.15, 0.2) is 0 Å². The normalized spacial score (nSPS) is 10.9. The summed E-state index contributed by atoms with van der Waals surface area (Å²) in [5.41, 5.74) is 2.17. The highest BCUT2D eigenvalue weighted by Crippen LogP contribution is 2.22. The van der Waals surface area contributed by atoms with Crippen molar-refractivity contribution in [2.24, 2.45) is 0 Å². The molecule has 1 aromatic carbocycles. The molecule has 0 spiro atoms. The van der Waals surface area contributed by atoms with Gasteiger partial charge >= 0.3 is 0 Å². The number of para-hydroxylation sites is 1. The van der Waals surface area contributed by atoms with Crippen molar-refractivity contribution in [2.45, 2.75) is 16.7 Å². The molecule has 3 aromatic rings. The molecule has 0 aliphatic carbocycles. The van der Waals surface area contributed by atoms with Crippen LogP contribution in [0.3, 0.4) is 0 Å². The molecule has 0 unspecified atom stereocenters. The largest absolute Gasteiger partial charge is 0.415 e. The average molecular weight is 318 g/mol. The first-order valence-electron chi connectivity index (χ1n) is 6.38. The second kappa shape index (κ2) is 6.82. The molecule has 0 fully saturated rings. The van der Waals surface area contributed by atoms with Crippen LogP contribution in [0.1, 0.15) is 11.5 Å². The predicted octanol–water partition coefficient (Wildman–Crippen LogP) is 3.41. The van der Waals surface area contributed by atoms with Crippen molar-refractivity contribution in [1.29, 1.82) is 0 Å². The monoisotopic (exact) mass is 318 g/mol. The number of aromatic nitrogens is 4. The maximum atomic E-state index is 5.53. The number of nitrogens with zero attached hydrogens (tertiary/aromatic N) is 4. The van der Waals surface area contributed by atoms with Crippen molar-refractivity contribution in [1.82, 2.24) is 20.0 Å². The van der Waals surface area contributed by atoms with E-state index in [9.17, 15) is 0 Å². The Morgan fingerprint density at radius 3 is 2.81 bits per heavy atom. The van der Waals surface area contributed by atoms with E-state index >= 15 is 0 Å². The summed E-state index contributed by atoms with van der Waals surface area (Å²) in [6.45, 7) is 0. The molecule has 21 heavy (non-hydrogen) atoms. The highest BCUT2D eigenvalue weighted by molar-refractivity contribution is 7.98. The molecule has 5 nitrogen and oxygen atoms in total. The molecule has 0 atom stereocenters. The third-order valence-electron chi connectivity index (χ3n) is 2.74. The first-order valence-corrected chi connectivity index (χ1v) is 8.76. The molecule has 2 heterocycles. The molecule has 0 saturated carbocycles. The third-order valence-corrected chi connectivity index (χ3v) is 4.16. The van der Waals surface area contributed by atoms with Gasteiger partial charge in [0.05, 0.1) is 17.6 Å². The van der Waals surface area contributed by atoms with Gasteiger partial charge in [-0.05, 0) is 18.4 Å². The Balaban J connectivity index is 1.62. The molecule has 0 aliphatic heterocycles. The summed E-state index contributed by atoms with van der Waals surface area (Å²) in [6.07, 6.45) is 5.88. The Labute approximate surface area is 131 Å². The Kier molecular flexibility index (Phi) is 4.62. The van der Waals surface area contributed by atoms with E-state index in [0.29, 0.717) is 11.1 Å². The first kappa shape index (κ1) is 14.2. The van der Waals surface area contributed by atoms with Gasteiger partial charge in [-0.25, -0.2) is 4.68 Å². The maximum Gasteiger partial charge on any atom is 0.276 e. The van der Waals surface area contributed by atoms with E-state index in [4.69, 9.17) is 4.42 Å². The van der Waals surface area contributed by atoms with E-state index < -0.39 is 0 Å². The molecular weight excluding hydrogens is 304 g/mol. The minimum Gasteiger partial charge on any atom is -0.415 e. The Morgan fingerprint density at radius 2 is 2.00 bits per heavy atom. The standard InChI is InChI=1S/C14H14N4OS2/c1-20-10-13-16-17-14(19-13)21-9-11-7-15-18(8-11)12-5-3-2-4-6-12/h2-8H,9-10H2,1H3. The van der Waals surface area contributed by atoms with Gasteiger partial charge in [-0.1, -0.05) is 30.0 Å². The Morgan fingerprint density at radius 1 is 1.14 bits per heavy atom. The zero-order chi connectivity index (χ0) is 14.5. The van der Waals surface area contributed by atoms with Gasteiger partial charge in [-0.15, -0.1) is 10.2 Å². The molecular formula is C14H14N4OS2. The molecule has 2 aromatic heterocycles. The van der Waals surface area contributed by atoms with Gasteiger partial charge in [0, 0.05) is 17.5 Å². The lowest BCUT2D eigenvalue weighted by Crippen LogP contribution is -1.92. The summed E-state index contributed by atoms with van der Waals surface area (Å²) in [6, 6.07) is 10.0. The van der Waals surface area contributed by atoms with Crippen LogP contribution in [0.5, 0.6) is 0 Å². The van der Waals surface area contributed by atoms with Gasteiger partial charge < -0.3 is 4.42 Å². The molecule has 0 N–H and O–H groups in total. The van der Waals surface area contributed by atoms with Crippen LogP contribution in [-0.2, 0) is 11.5 Å². The second-order valence-electron chi connectivity index (χ2n) is 4.31.